The van der Waals surface area contributed by atoms with Crippen molar-refractivity contribution in [2.75, 3.05) is 12.4 Å². The molecule has 34 heavy (non-hydrogen) atoms. The molecule has 0 radical (unpaired) electrons. The second kappa shape index (κ2) is 11.9. The van der Waals surface area contributed by atoms with Crippen molar-refractivity contribution in [1.82, 2.24) is 10.6 Å². The first-order valence-corrected chi connectivity index (χ1v) is 11.3. The van der Waals surface area contributed by atoms with Crippen LogP contribution in [0.15, 0.2) is 42.5 Å². The van der Waals surface area contributed by atoms with Gasteiger partial charge in [-0.2, -0.15) is 0 Å². The summed E-state index contributed by atoms with van der Waals surface area (Å²) in [5.41, 5.74) is 6.06. The van der Waals surface area contributed by atoms with Crippen LogP contribution in [0.25, 0.3) is 0 Å². The Morgan fingerprint density at radius 2 is 1.68 bits per heavy atom. The monoisotopic (exact) mass is 470 g/mol. The highest BCUT2D eigenvalue weighted by Gasteiger charge is 2.22. The molecule has 0 aliphatic heterocycles. The molecule has 2 rings (SSSR count). The first kappa shape index (κ1) is 26.5. The molecule has 2 aromatic rings. The molecule has 9 heteroatoms. The summed E-state index contributed by atoms with van der Waals surface area (Å²) in [5.74, 6) is 0.520. The van der Waals surface area contributed by atoms with Crippen LogP contribution in [0.2, 0.25) is 0 Å². The number of hydrogen-bond acceptors (Lipinski definition) is 5. The zero-order chi connectivity index (χ0) is 25.3. The number of hydrogen-bond donors (Lipinski definition) is 4. The zero-order valence-corrected chi connectivity index (χ0v) is 20.4. The predicted octanol–water partition coefficient (Wildman–Crippen LogP) is 4.57. The summed E-state index contributed by atoms with van der Waals surface area (Å²) >= 11 is 0. The van der Waals surface area contributed by atoms with E-state index in [1.54, 1.807) is 44.2 Å². The molecule has 0 atom stereocenters. The number of anilines is 1. The first-order chi connectivity index (χ1) is 16.1. The number of benzene rings is 2. The van der Waals surface area contributed by atoms with Gasteiger partial charge in [0.1, 0.15) is 17.1 Å². The lowest BCUT2D eigenvalue weighted by molar-refractivity contribution is 0.0460. The van der Waals surface area contributed by atoms with Gasteiger partial charge in [0.25, 0.3) is 5.91 Å². The average Bonchev–Trinajstić information content (AvgIpc) is 2.78. The van der Waals surface area contributed by atoms with Crippen molar-refractivity contribution in [2.45, 2.75) is 58.6 Å². The van der Waals surface area contributed by atoms with Crippen LogP contribution in [-0.4, -0.2) is 36.7 Å². The van der Waals surface area contributed by atoms with Gasteiger partial charge in [-0.25, -0.2) is 9.59 Å². The van der Waals surface area contributed by atoms with E-state index in [4.69, 9.17) is 15.2 Å². The number of amides is 4. The van der Waals surface area contributed by atoms with E-state index in [0.29, 0.717) is 23.6 Å². The Kier molecular flexibility index (Phi) is 9.29. The fourth-order valence-corrected chi connectivity index (χ4v) is 3.46. The lowest BCUT2D eigenvalue weighted by atomic mass is 9.98. The third kappa shape index (κ3) is 7.99. The topological polar surface area (TPSA) is 132 Å². The number of primary amides is 1. The number of rotatable bonds is 10. The molecule has 5 N–H and O–H groups in total. The number of carbonyl (C=O) groups is 3. The normalized spacial score (nSPS) is 11.0. The van der Waals surface area contributed by atoms with Gasteiger partial charge in [-0.3, -0.25) is 4.79 Å². The van der Waals surface area contributed by atoms with Crippen LogP contribution in [0.1, 0.15) is 56.5 Å². The highest BCUT2D eigenvalue weighted by atomic mass is 16.6. The minimum atomic E-state index is -0.822. The quantitative estimate of drug-likeness (QED) is 0.404. The minimum absolute atomic E-state index is 0.0805. The van der Waals surface area contributed by atoms with Crippen molar-refractivity contribution < 1.29 is 23.9 Å². The molecule has 9 nitrogen and oxygen atoms in total. The highest BCUT2D eigenvalue weighted by Crippen LogP contribution is 2.29. The molecule has 0 heterocycles. The number of ether oxygens (including phenoxy) is 2. The highest BCUT2D eigenvalue weighted by molar-refractivity contribution is 5.99. The molecule has 0 unspecified atom stereocenters. The number of urea groups is 1. The van der Waals surface area contributed by atoms with Gasteiger partial charge in [-0.15, -0.1) is 0 Å². The molecule has 0 fully saturated rings. The number of nitrogens with one attached hydrogen (secondary N) is 3. The maximum Gasteiger partial charge on any atom is 0.405 e. The van der Waals surface area contributed by atoms with E-state index in [9.17, 15) is 14.4 Å². The third-order valence-electron chi connectivity index (χ3n) is 5.19. The Labute approximate surface area is 200 Å². The van der Waals surface area contributed by atoms with E-state index in [2.05, 4.69) is 16.0 Å². The second-order valence-corrected chi connectivity index (χ2v) is 8.51. The van der Waals surface area contributed by atoms with Crippen LogP contribution in [0.3, 0.4) is 0 Å². The van der Waals surface area contributed by atoms with Crippen molar-refractivity contribution in [1.29, 1.82) is 0 Å². The van der Waals surface area contributed by atoms with Gasteiger partial charge in [-0.1, -0.05) is 26.0 Å². The molecule has 0 bridgehead atoms. The molecule has 0 aliphatic carbocycles. The van der Waals surface area contributed by atoms with Crippen molar-refractivity contribution in [3.05, 3.63) is 53.6 Å². The Hall–Kier alpha value is -3.75. The summed E-state index contributed by atoms with van der Waals surface area (Å²) in [6, 6.07) is 11.8. The summed E-state index contributed by atoms with van der Waals surface area (Å²) in [6.45, 7) is 7.57. The molecule has 0 saturated heterocycles. The van der Waals surface area contributed by atoms with E-state index in [1.165, 1.54) is 7.05 Å². The summed E-state index contributed by atoms with van der Waals surface area (Å²) in [7, 11) is 1.52. The Bertz CT molecular complexity index is 1000. The molecule has 184 valence electrons. The average molecular weight is 471 g/mol. The van der Waals surface area contributed by atoms with Crippen LogP contribution in [-0.2, 0) is 11.2 Å². The van der Waals surface area contributed by atoms with E-state index >= 15 is 0 Å². The summed E-state index contributed by atoms with van der Waals surface area (Å²) in [4.78, 5) is 35.8. The predicted molar refractivity (Wildman–Crippen MR) is 131 cm³/mol. The summed E-state index contributed by atoms with van der Waals surface area (Å²) in [5, 5.41) is 8.25. The second-order valence-electron chi connectivity index (χ2n) is 8.51. The number of nitrogens with two attached hydrogens (primary N) is 1. The fraction of sp³-hybridized carbons (Fsp3) is 0.400. The van der Waals surface area contributed by atoms with Crippen LogP contribution in [0, 0.1) is 0 Å². The lowest BCUT2D eigenvalue weighted by Crippen LogP contribution is -2.37. The van der Waals surface area contributed by atoms with E-state index in [-0.39, 0.29) is 23.5 Å². The number of carbonyl (C=O) groups excluding carboxylic acids is 3. The van der Waals surface area contributed by atoms with E-state index in [0.717, 1.165) is 18.4 Å². The van der Waals surface area contributed by atoms with Crippen LogP contribution >= 0.6 is 0 Å². The van der Waals surface area contributed by atoms with Gasteiger partial charge >= 0.3 is 12.1 Å². The third-order valence-corrected chi connectivity index (χ3v) is 5.19. The van der Waals surface area contributed by atoms with E-state index in [1.807, 2.05) is 26.0 Å². The molecule has 0 aromatic heterocycles. The van der Waals surface area contributed by atoms with Crippen molar-refractivity contribution in [3.8, 4) is 11.5 Å². The molecular weight excluding hydrogens is 436 g/mol. The molecular formula is C25H34N4O5. The molecule has 0 aliphatic rings. The smallest absolute Gasteiger partial charge is 0.405 e. The zero-order valence-electron chi connectivity index (χ0n) is 20.4. The molecule has 0 spiro atoms. The van der Waals surface area contributed by atoms with Crippen molar-refractivity contribution in [3.63, 3.8) is 0 Å². The standard InChI is InChI=1S/C25H34N4O5/c1-6-17(7-2)28-24(32)29-18-10-13-21(20(14-18)22(30)27-5)33-19-11-8-16(9-12-19)15-25(3,4)34-23(26)31/h8-14,17H,6-7,15H2,1-5H3,(H2,26,31)(H,27,30)(H2,28,29,32). The van der Waals surface area contributed by atoms with Crippen LogP contribution in [0.4, 0.5) is 15.3 Å². The van der Waals surface area contributed by atoms with E-state index < -0.39 is 11.7 Å². The Morgan fingerprint density at radius 3 is 2.24 bits per heavy atom. The molecule has 0 saturated carbocycles. The first-order valence-electron chi connectivity index (χ1n) is 11.3. The maximum absolute atomic E-state index is 12.5. The Balaban J connectivity index is 2.16. The molecule has 2 aromatic carbocycles. The van der Waals surface area contributed by atoms with Gasteiger partial charge in [0.2, 0.25) is 0 Å². The lowest BCUT2D eigenvalue weighted by Gasteiger charge is -2.24. The summed E-state index contributed by atoms with van der Waals surface area (Å²) < 4.78 is 11.1. The summed E-state index contributed by atoms with van der Waals surface area (Å²) in [6.07, 6.45) is 1.31. The van der Waals surface area contributed by atoms with Crippen LogP contribution < -0.4 is 26.4 Å². The largest absolute Gasteiger partial charge is 0.457 e. The Morgan fingerprint density at radius 1 is 1.03 bits per heavy atom. The fourth-order valence-electron chi connectivity index (χ4n) is 3.46. The van der Waals surface area contributed by atoms with Gasteiger partial charge in [0, 0.05) is 25.2 Å². The van der Waals surface area contributed by atoms with Crippen molar-refractivity contribution >= 4 is 23.7 Å². The van der Waals surface area contributed by atoms with Gasteiger partial charge < -0.3 is 31.2 Å². The van der Waals surface area contributed by atoms with Crippen LogP contribution in [0.5, 0.6) is 11.5 Å². The molecule has 4 amide bonds. The van der Waals surface area contributed by atoms with Crippen molar-refractivity contribution in [2.24, 2.45) is 5.73 Å². The van der Waals surface area contributed by atoms with Gasteiger partial charge in [0.15, 0.2) is 0 Å². The van der Waals surface area contributed by atoms with Gasteiger partial charge in [-0.05, 0) is 62.6 Å². The van der Waals surface area contributed by atoms with Gasteiger partial charge in [0.05, 0.1) is 5.56 Å². The maximum atomic E-state index is 12.5. The SMILES string of the molecule is CCC(CC)NC(=O)Nc1ccc(Oc2ccc(CC(C)(C)OC(N)=O)cc2)c(C(=O)NC)c1. The minimum Gasteiger partial charge on any atom is -0.457 e.